The van der Waals surface area contributed by atoms with E-state index in [4.69, 9.17) is 0 Å². The van der Waals surface area contributed by atoms with E-state index in [1.807, 2.05) is 24.3 Å². The Morgan fingerprint density at radius 3 is 2.91 bits per heavy atom. The molecular formula is C26H26N6O2. The molecule has 4 aromatic rings. The van der Waals surface area contributed by atoms with Crippen molar-refractivity contribution >= 4 is 28.3 Å². The fourth-order valence-electron chi connectivity index (χ4n) is 4.17. The summed E-state index contributed by atoms with van der Waals surface area (Å²) >= 11 is 0. The van der Waals surface area contributed by atoms with E-state index in [9.17, 15) is 9.59 Å². The van der Waals surface area contributed by atoms with Crippen LogP contribution in [-0.4, -0.2) is 50.8 Å². The van der Waals surface area contributed by atoms with Crippen molar-refractivity contribution in [2.75, 3.05) is 25.5 Å². The molecule has 1 aromatic carbocycles. The van der Waals surface area contributed by atoms with E-state index in [0.717, 1.165) is 54.5 Å². The maximum absolute atomic E-state index is 13.1. The van der Waals surface area contributed by atoms with E-state index in [1.165, 1.54) is 12.1 Å². The molecule has 0 radical (unpaired) electrons. The van der Waals surface area contributed by atoms with E-state index in [1.54, 1.807) is 18.5 Å². The number of nitrogens with one attached hydrogen (secondary N) is 3. The van der Waals surface area contributed by atoms with Gasteiger partial charge in [-0.3, -0.25) is 9.59 Å². The van der Waals surface area contributed by atoms with Crippen LogP contribution >= 0.6 is 0 Å². The highest BCUT2D eigenvalue weighted by atomic mass is 16.1. The molecule has 8 heteroatoms. The van der Waals surface area contributed by atoms with Crippen LogP contribution in [0.5, 0.6) is 0 Å². The minimum absolute atomic E-state index is 0.0638. The Kier molecular flexibility index (Phi) is 6.05. The number of carbonyl (C=O) groups is 1. The number of allylic oxidation sites excluding steroid dienone is 1. The average molecular weight is 455 g/mol. The largest absolute Gasteiger partial charge is 0.360 e. The zero-order valence-electron chi connectivity index (χ0n) is 19.0. The first-order valence-corrected chi connectivity index (χ1v) is 11.4. The van der Waals surface area contributed by atoms with Gasteiger partial charge >= 0.3 is 0 Å². The molecule has 3 aromatic heterocycles. The second kappa shape index (κ2) is 9.44. The molecule has 4 heterocycles. The molecule has 8 nitrogen and oxygen atoms in total. The molecule has 0 bridgehead atoms. The molecule has 0 spiro atoms. The van der Waals surface area contributed by atoms with Crippen LogP contribution in [0.4, 0.5) is 11.6 Å². The van der Waals surface area contributed by atoms with E-state index in [-0.39, 0.29) is 11.2 Å². The van der Waals surface area contributed by atoms with E-state index in [2.05, 4.69) is 43.3 Å². The van der Waals surface area contributed by atoms with E-state index >= 15 is 0 Å². The summed E-state index contributed by atoms with van der Waals surface area (Å²) in [5.74, 6) is 0.478. The highest BCUT2D eigenvalue weighted by molar-refractivity contribution is 6.10. The zero-order chi connectivity index (χ0) is 23.5. The van der Waals surface area contributed by atoms with Crippen LogP contribution in [0.2, 0.25) is 0 Å². The van der Waals surface area contributed by atoms with Gasteiger partial charge in [-0.1, -0.05) is 6.08 Å². The number of anilines is 2. The van der Waals surface area contributed by atoms with E-state index < -0.39 is 0 Å². The van der Waals surface area contributed by atoms with Crippen molar-refractivity contribution in [3.05, 3.63) is 82.4 Å². The van der Waals surface area contributed by atoms with Gasteiger partial charge in [-0.15, -0.1) is 0 Å². The highest BCUT2D eigenvalue weighted by Crippen LogP contribution is 2.25. The van der Waals surface area contributed by atoms with Crippen LogP contribution in [0.3, 0.4) is 0 Å². The van der Waals surface area contributed by atoms with Crippen LogP contribution in [0.25, 0.3) is 22.3 Å². The van der Waals surface area contributed by atoms with Gasteiger partial charge in [0.05, 0.1) is 17.1 Å². The van der Waals surface area contributed by atoms with Crippen LogP contribution in [-0.2, 0) is 0 Å². The summed E-state index contributed by atoms with van der Waals surface area (Å²) < 4.78 is 0. The molecule has 0 saturated heterocycles. The third kappa shape index (κ3) is 4.82. The fourth-order valence-corrected chi connectivity index (χ4v) is 4.17. The number of benzene rings is 1. The van der Waals surface area contributed by atoms with Crippen LogP contribution in [0.15, 0.2) is 71.3 Å². The fraction of sp³-hybridized carbons (Fsp3) is 0.231. The lowest BCUT2D eigenvalue weighted by atomic mass is 10.0. The van der Waals surface area contributed by atoms with Crippen LogP contribution in [0, 0.1) is 0 Å². The standard InChI is InChI=1S/C26H26N6O2/c1-32-12-3-2-4-17(9-13-32)25(34)24-15-18-14-19(5-6-21(18)30-24)29-26-28-11-8-22(31-26)23-16-20(33)7-10-27-23/h4-8,10-11,14-16,30H,2-3,9,12-13H2,1H3,(H,27,33)(H,28,29,31)/b17-4-. The first-order valence-electron chi connectivity index (χ1n) is 11.4. The summed E-state index contributed by atoms with van der Waals surface area (Å²) in [5, 5.41) is 4.14. The maximum atomic E-state index is 13.1. The third-order valence-corrected chi connectivity index (χ3v) is 6.02. The minimum atomic E-state index is -0.0904. The van der Waals surface area contributed by atoms with Gasteiger partial charge in [0.1, 0.15) is 0 Å². The Balaban J connectivity index is 1.37. The van der Waals surface area contributed by atoms with Crippen molar-refractivity contribution in [2.45, 2.75) is 19.3 Å². The predicted molar refractivity (Wildman–Crippen MR) is 133 cm³/mol. The number of aromatic amines is 2. The molecule has 3 N–H and O–H groups in total. The van der Waals surface area contributed by atoms with Gasteiger partial charge in [0.2, 0.25) is 11.7 Å². The topological polar surface area (TPSA) is 107 Å². The predicted octanol–water partition coefficient (Wildman–Crippen LogP) is 4.28. The lowest BCUT2D eigenvalue weighted by molar-refractivity contribution is 0.102. The van der Waals surface area contributed by atoms with Gasteiger partial charge < -0.3 is 20.2 Å². The number of H-pyrrole nitrogens is 2. The van der Waals surface area contributed by atoms with E-state index in [0.29, 0.717) is 23.0 Å². The molecule has 1 aliphatic rings. The first-order chi connectivity index (χ1) is 16.5. The van der Waals surface area contributed by atoms with Gasteiger partial charge in [-0.05, 0) is 68.8 Å². The molecule has 172 valence electrons. The Hall–Kier alpha value is -4.04. The van der Waals surface area contributed by atoms with Crippen LogP contribution < -0.4 is 10.7 Å². The lowest BCUT2D eigenvalue weighted by Gasteiger charge is -2.19. The van der Waals surface area contributed by atoms with Gasteiger partial charge in [0.15, 0.2) is 5.43 Å². The minimum Gasteiger partial charge on any atom is -0.360 e. The number of fused-ring (bicyclic) bond motifs is 1. The Bertz CT molecular complexity index is 1430. The SMILES string of the molecule is CN1CCC/C=C(\C(=O)c2cc3cc(Nc4nccc(-c5cc(=O)cc[nH]5)n4)ccc3[nH]2)CC1. The summed E-state index contributed by atoms with van der Waals surface area (Å²) in [6.07, 6.45) is 8.09. The molecule has 0 unspecified atom stereocenters. The van der Waals surface area contributed by atoms with Gasteiger partial charge in [-0.25, -0.2) is 9.97 Å². The summed E-state index contributed by atoms with van der Waals surface area (Å²) in [5.41, 5.74) is 4.33. The van der Waals surface area contributed by atoms with Crippen molar-refractivity contribution in [2.24, 2.45) is 0 Å². The van der Waals surface area contributed by atoms with Gasteiger partial charge in [0, 0.05) is 47.7 Å². The van der Waals surface area contributed by atoms with Gasteiger partial charge in [0.25, 0.3) is 0 Å². The number of ketones is 1. The normalized spacial score (nSPS) is 16.4. The Morgan fingerprint density at radius 1 is 1.12 bits per heavy atom. The number of aromatic nitrogens is 4. The second-order valence-corrected chi connectivity index (χ2v) is 8.57. The summed E-state index contributed by atoms with van der Waals surface area (Å²) in [6, 6.07) is 12.4. The monoisotopic (exact) mass is 454 g/mol. The highest BCUT2D eigenvalue weighted by Gasteiger charge is 2.17. The zero-order valence-corrected chi connectivity index (χ0v) is 19.0. The molecule has 0 saturated carbocycles. The van der Waals surface area contributed by atoms with Crippen molar-refractivity contribution in [1.29, 1.82) is 0 Å². The van der Waals surface area contributed by atoms with Crippen molar-refractivity contribution in [3.8, 4) is 11.4 Å². The Labute approximate surface area is 196 Å². The molecule has 0 amide bonds. The second-order valence-electron chi connectivity index (χ2n) is 8.57. The molecule has 0 atom stereocenters. The van der Waals surface area contributed by atoms with Crippen molar-refractivity contribution in [1.82, 2.24) is 24.8 Å². The number of hydrogen-bond acceptors (Lipinski definition) is 6. The molecule has 34 heavy (non-hydrogen) atoms. The molecule has 1 aliphatic heterocycles. The molecule has 0 aliphatic carbocycles. The number of rotatable bonds is 5. The quantitative estimate of drug-likeness (QED) is 0.389. The maximum Gasteiger partial charge on any atom is 0.227 e. The van der Waals surface area contributed by atoms with Crippen molar-refractivity contribution < 1.29 is 4.79 Å². The Morgan fingerprint density at radius 2 is 2.03 bits per heavy atom. The number of nitrogens with zero attached hydrogens (tertiary/aromatic N) is 3. The smallest absolute Gasteiger partial charge is 0.227 e. The third-order valence-electron chi connectivity index (χ3n) is 6.02. The molecule has 0 fully saturated rings. The lowest BCUT2D eigenvalue weighted by Crippen LogP contribution is -2.23. The van der Waals surface area contributed by atoms with Crippen LogP contribution in [0.1, 0.15) is 29.8 Å². The first kappa shape index (κ1) is 21.8. The van der Waals surface area contributed by atoms with Gasteiger partial charge in [-0.2, -0.15) is 0 Å². The summed E-state index contributed by atoms with van der Waals surface area (Å²) in [6.45, 7) is 1.96. The summed E-state index contributed by atoms with van der Waals surface area (Å²) in [7, 11) is 2.10. The summed E-state index contributed by atoms with van der Waals surface area (Å²) in [4.78, 5) is 42.2. The molecular weight excluding hydrogens is 428 g/mol. The van der Waals surface area contributed by atoms with Crippen molar-refractivity contribution in [3.63, 3.8) is 0 Å². The average Bonchev–Trinajstić information content (AvgIpc) is 3.25. The number of carbonyl (C=O) groups excluding carboxylic acids is 1. The number of Topliss-reactive ketones (excluding diaryl/α,β-unsaturated/α-hetero) is 1. The number of pyridine rings is 1. The molecule has 5 rings (SSSR count). The number of hydrogen-bond donors (Lipinski definition) is 3.